The zero-order chi connectivity index (χ0) is 21.5. The number of ether oxygens (including phenoxy) is 1. The molecule has 3 rings (SSSR count). The number of carbonyl (C=O) groups is 2. The van der Waals surface area contributed by atoms with Gasteiger partial charge in [0.15, 0.2) is 0 Å². The molecule has 0 radical (unpaired) electrons. The van der Waals surface area contributed by atoms with Crippen LogP contribution in [0.1, 0.15) is 33.5 Å². The molecule has 2 amide bonds. The number of aliphatic imine (C=N–C) groups is 1. The number of aryl methyl sites for hydroxylation is 1. The predicted octanol–water partition coefficient (Wildman–Crippen LogP) is 2.57. The molecule has 152 valence electrons. The number of hydrogen-bond donors (Lipinski definition) is 2. The number of nitriles is 1. The quantitative estimate of drug-likeness (QED) is 0.440. The van der Waals surface area contributed by atoms with Gasteiger partial charge >= 0.3 is 0 Å². The average molecular weight is 402 g/mol. The van der Waals surface area contributed by atoms with Gasteiger partial charge in [-0.15, -0.1) is 0 Å². The number of amidine groups is 1. The molecule has 0 unspecified atom stereocenters. The summed E-state index contributed by atoms with van der Waals surface area (Å²) in [5.74, 6) is -0.508. The van der Waals surface area contributed by atoms with E-state index in [-0.39, 0.29) is 17.2 Å². The maximum Gasteiger partial charge on any atom is 0.264 e. The smallest absolute Gasteiger partial charge is 0.264 e. The summed E-state index contributed by atoms with van der Waals surface area (Å²) in [5.41, 5.74) is 2.98. The van der Waals surface area contributed by atoms with Gasteiger partial charge in [-0.05, 0) is 25.5 Å². The van der Waals surface area contributed by atoms with Gasteiger partial charge in [0.25, 0.3) is 11.8 Å². The summed E-state index contributed by atoms with van der Waals surface area (Å²) < 4.78 is 4.96. The van der Waals surface area contributed by atoms with E-state index in [9.17, 15) is 14.9 Å². The lowest BCUT2D eigenvalue weighted by atomic mass is 10.0. The SMILES string of the molecule is COCCCNC(=O)/C(C#N)=C1\N=C(NC(=O)c2ccc(C)cc2)c2ccccc21. The Kier molecular flexibility index (Phi) is 6.73. The Morgan fingerprint density at radius 3 is 2.47 bits per heavy atom. The summed E-state index contributed by atoms with van der Waals surface area (Å²) in [7, 11) is 1.58. The van der Waals surface area contributed by atoms with Crippen molar-refractivity contribution in [3.63, 3.8) is 0 Å². The molecule has 1 aliphatic heterocycles. The number of methoxy groups -OCH3 is 1. The summed E-state index contributed by atoms with van der Waals surface area (Å²) in [4.78, 5) is 29.6. The zero-order valence-electron chi connectivity index (χ0n) is 16.9. The van der Waals surface area contributed by atoms with Gasteiger partial charge in [-0.2, -0.15) is 5.26 Å². The second kappa shape index (κ2) is 9.63. The third-order valence-corrected chi connectivity index (χ3v) is 4.59. The Bertz CT molecular complexity index is 1060. The summed E-state index contributed by atoms with van der Waals surface area (Å²) >= 11 is 0. The van der Waals surface area contributed by atoms with Crippen molar-refractivity contribution in [1.29, 1.82) is 5.26 Å². The van der Waals surface area contributed by atoms with Crippen molar-refractivity contribution >= 4 is 23.3 Å². The topological polar surface area (TPSA) is 104 Å². The number of fused-ring (bicyclic) bond motifs is 1. The standard InChI is InChI=1S/C23H22N4O3/c1-15-8-10-16(11-9-15)22(28)27-21-18-7-4-3-6-17(18)20(26-21)19(14-24)23(29)25-12-5-13-30-2/h3-4,6-11H,5,12-13H2,1-2H3,(H,25,29)(H,26,27,28)/b20-19-. The number of carbonyl (C=O) groups excluding carboxylic acids is 2. The molecule has 0 atom stereocenters. The monoisotopic (exact) mass is 402 g/mol. The molecule has 0 saturated heterocycles. The fourth-order valence-electron chi connectivity index (χ4n) is 3.02. The fraction of sp³-hybridized carbons (Fsp3) is 0.217. The van der Waals surface area contributed by atoms with Crippen molar-refractivity contribution in [3.8, 4) is 6.07 Å². The lowest BCUT2D eigenvalue weighted by Crippen LogP contribution is -2.30. The normalized spacial score (nSPS) is 13.7. The van der Waals surface area contributed by atoms with Crippen LogP contribution in [-0.4, -0.2) is 37.9 Å². The van der Waals surface area contributed by atoms with Crippen LogP contribution in [0.5, 0.6) is 0 Å². The summed E-state index contributed by atoms with van der Waals surface area (Å²) in [6, 6.07) is 16.3. The molecular formula is C23H22N4O3. The van der Waals surface area contributed by atoms with E-state index in [0.717, 1.165) is 5.56 Å². The van der Waals surface area contributed by atoms with Crippen LogP contribution >= 0.6 is 0 Å². The van der Waals surface area contributed by atoms with Crippen LogP contribution in [0, 0.1) is 18.3 Å². The molecule has 0 spiro atoms. The van der Waals surface area contributed by atoms with E-state index in [1.165, 1.54) is 0 Å². The second-order valence-electron chi connectivity index (χ2n) is 6.76. The molecule has 0 aliphatic carbocycles. The number of hydrogen-bond acceptors (Lipinski definition) is 5. The molecule has 0 aromatic heterocycles. The van der Waals surface area contributed by atoms with Crippen LogP contribution in [-0.2, 0) is 9.53 Å². The molecule has 0 bridgehead atoms. The van der Waals surface area contributed by atoms with Gasteiger partial charge in [0.2, 0.25) is 0 Å². The van der Waals surface area contributed by atoms with Crippen LogP contribution in [0.4, 0.5) is 0 Å². The maximum atomic E-state index is 12.6. The first-order chi connectivity index (χ1) is 14.5. The van der Waals surface area contributed by atoms with Gasteiger partial charge in [0.1, 0.15) is 17.5 Å². The Morgan fingerprint density at radius 2 is 1.80 bits per heavy atom. The molecular weight excluding hydrogens is 380 g/mol. The summed E-state index contributed by atoms with van der Waals surface area (Å²) in [6.45, 7) is 2.84. The van der Waals surface area contributed by atoms with Gasteiger partial charge in [-0.25, -0.2) is 4.99 Å². The van der Waals surface area contributed by atoms with Gasteiger partial charge in [0.05, 0.1) is 5.70 Å². The largest absolute Gasteiger partial charge is 0.385 e. The number of amides is 2. The van der Waals surface area contributed by atoms with Crippen molar-refractivity contribution in [2.75, 3.05) is 20.3 Å². The minimum absolute atomic E-state index is 0.0977. The molecule has 7 heteroatoms. The summed E-state index contributed by atoms with van der Waals surface area (Å²) in [6.07, 6.45) is 0.633. The number of nitrogens with one attached hydrogen (secondary N) is 2. The highest BCUT2D eigenvalue weighted by Crippen LogP contribution is 2.30. The lowest BCUT2D eigenvalue weighted by Gasteiger charge is -2.06. The van der Waals surface area contributed by atoms with E-state index in [0.29, 0.717) is 42.1 Å². The molecule has 2 aromatic carbocycles. The van der Waals surface area contributed by atoms with E-state index in [1.807, 2.05) is 31.2 Å². The number of rotatable bonds is 6. The minimum Gasteiger partial charge on any atom is -0.385 e. The van der Waals surface area contributed by atoms with Gasteiger partial charge < -0.3 is 15.4 Å². The average Bonchev–Trinajstić information content (AvgIpc) is 3.10. The zero-order valence-corrected chi connectivity index (χ0v) is 16.9. The van der Waals surface area contributed by atoms with E-state index in [2.05, 4.69) is 15.6 Å². The molecule has 7 nitrogen and oxygen atoms in total. The fourth-order valence-corrected chi connectivity index (χ4v) is 3.02. The molecule has 1 aliphatic rings. The van der Waals surface area contributed by atoms with E-state index >= 15 is 0 Å². The van der Waals surface area contributed by atoms with Gasteiger partial charge in [-0.1, -0.05) is 42.0 Å². The first-order valence-corrected chi connectivity index (χ1v) is 9.53. The lowest BCUT2D eigenvalue weighted by molar-refractivity contribution is -0.117. The highest BCUT2D eigenvalue weighted by molar-refractivity contribution is 6.20. The first kappa shape index (κ1) is 21.0. The van der Waals surface area contributed by atoms with Crippen molar-refractivity contribution in [1.82, 2.24) is 10.6 Å². The van der Waals surface area contributed by atoms with Crippen LogP contribution < -0.4 is 10.6 Å². The molecule has 30 heavy (non-hydrogen) atoms. The molecule has 2 N–H and O–H groups in total. The summed E-state index contributed by atoms with van der Waals surface area (Å²) in [5, 5.41) is 15.1. The van der Waals surface area contributed by atoms with Gasteiger partial charge in [-0.3, -0.25) is 9.59 Å². The van der Waals surface area contributed by atoms with E-state index < -0.39 is 5.91 Å². The maximum absolute atomic E-state index is 12.6. The van der Waals surface area contributed by atoms with Crippen LogP contribution in [0.3, 0.4) is 0 Å². The van der Waals surface area contributed by atoms with Crippen molar-refractivity contribution in [3.05, 3.63) is 76.4 Å². The number of nitrogens with zero attached hydrogens (tertiary/aromatic N) is 2. The second-order valence-corrected chi connectivity index (χ2v) is 6.76. The number of benzene rings is 2. The molecule has 2 aromatic rings. The molecule has 0 saturated carbocycles. The van der Waals surface area contributed by atoms with Gasteiger partial charge in [0, 0.05) is 37.0 Å². The van der Waals surface area contributed by atoms with Crippen molar-refractivity contribution in [2.24, 2.45) is 4.99 Å². The Hall–Kier alpha value is -3.76. The Labute approximate surface area is 175 Å². The van der Waals surface area contributed by atoms with E-state index in [1.54, 1.807) is 37.4 Å². The first-order valence-electron chi connectivity index (χ1n) is 9.53. The molecule has 0 fully saturated rings. The van der Waals surface area contributed by atoms with Crippen molar-refractivity contribution in [2.45, 2.75) is 13.3 Å². The third-order valence-electron chi connectivity index (χ3n) is 4.59. The van der Waals surface area contributed by atoms with Crippen LogP contribution in [0.2, 0.25) is 0 Å². The minimum atomic E-state index is -0.506. The molecule has 1 heterocycles. The Morgan fingerprint density at radius 1 is 1.10 bits per heavy atom. The van der Waals surface area contributed by atoms with Crippen molar-refractivity contribution < 1.29 is 14.3 Å². The highest BCUT2D eigenvalue weighted by atomic mass is 16.5. The highest BCUT2D eigenvalue weighted by Gasteiger charge is 2.27. The van der Waals surface area contributed by atoms with Crippen LogP contribution in [0.25, 0.3) is 5.70 Å². The predicted molar refractivity (Wildman–Crippen MR) is 114 cm³/mol. The van der Waals surface area contributed by atoms with Crippen LogP contribution in [0.15, 0.2) is 59.1 Å². The third kappa shape index (κ3) is 4.62. The van der Waals surface area contributed by atoms with E-state index in [4.69, 9.17) is 4.74 Å². The Balaban J connectivity index is 1.89.